The molecule has 0 aliphatic carbocycles. The van der Waals surface area contributed by atoms with Gasteiger partial charge in [0.15, 0.2) is 0 Å². The lowest BCUT2D eigenvalue weighted by Gasteiger charge is -2.48. The molecule has 0 nitrogen and oxygen atoms in total. The van der Waals surface area contributed by atoms with Crippen molar-refractivity contribution in [2.75, 3.05) is 0 Å². The highest BCUT2D eigenvalue weighted by atomic mass is 14.5. The maximum absolute atomic E-state index is 2.52. The van der Waals surface area contributed by atoms with Crippen LogP contribution in [0.2, 0.25) is 13.1 Å². The Labute approximate surface area is 186 Å². The standard InChI is InChI=1S/C28H52B/c1-11-19-28(24(7)8,20-15-13-17-22(3)4)27(26(12-2)23(5)6)25(9)18-14-16-21-29-10/h13-16,22,24-25,27H,11-12,17-21H2,1-10H3/b15-13-,16-14-. The molecule has 0 aromatic rings. The van der Waals surface area contributed by atoms with Crippen molar-refractivity contribution in [2.45, 2.75) is 114 Å². The van der Waals surface area contributed by atoms with Crippen LogP contribution in [0.15, 0.2) is 35.5 Å². The molecule has 0 saturated carbocycles. The van der Waals surface area contributed by atoms with Crippen LogP contribution in [0.25, 0.3) is 0 Å². The van der Waals surface area contributed by atoms with Gasteiger partial charge in [-0.2, -0.15) is 0 Å². The van der Waals surface area contributed by atoms with Gasteiger partial charge in [-0.1, -0.05) is 103 Å². The number of rotatable bonds is 15. The van der Waals surface area contributed by atoms with Gasteiger partial charge >= 0.3 is 0 Å². The lowest BCUT2D eigenvalue weighted by molar-refractivity contribution is 0.0631. The fourth-order valence-corrected chi connectivity index (χ4v) is 5.23. The lowest BCUT2D eigenvalue weighted by Crippen LogP contribution is -2.40. The number of hydrogen-bond acceptors (Lipinski definition) is 0. The van der Waals surface area contributed by atoms with Gasteiger partial charge < -0.3 is 0 Å². The van der Waals surface area contributed by atoms with E-state index in [4.69, 9.17) is 0 Å². The molecule has 0 spiro atoms. The van der Waals surface area contributed by atoms with E-state index in [-0.39, 0.29) is 0 Å². The summed E-state index contributed by atoms with van der Waals surface area (Å²) >= 11 is 0. The molecule has 0 amide bonds. The van der Waals surface area contributed by atoms with Crippen LogP contribution in [0.3, 0.4) is 0 Å². The molecule has 0 rings (SSSR count). The highest BCUT2D eigenvalue weighted by molar-refractivity contribution is 6.34. The van der Waals surface area contributed by atoms with Crippen molar-refractivity contribution in [3.8, 4) is 0 Å². The zero-order valence-electron chi connectivity index (χ0n) is 21.6. The molecule has 0 aliphatic heterocycles. The third-order valence-corrected chi connectivity index (χ3v) is 6.77. The van der Waals surface area contributed by atoms with Crippen molar-refractivity contribution in [1.82, 2.24) is 0 Å². The summed E-state index contributed by atoms with van der Waals surface area (Å²) in [5.41, 5.74) is 3.60. The van der Waals surface area contributed by atoms with Crippen molar-refractivity contribution < 1.29 is 0 Å². The molecule has 0 aromatic heterocycles. The van der Waals surface area contributed by atoms with Crippen LogP contribution in [0, 0.1) is 29.1 Å². The summed E-state index contributed by atoms with van der Waals surface area (Å²) in [7, 11) is 2.24. The molecular formula is C28H52B. The third kappa shape index (κ3) is 9.31. The summed E-state index contributed by atoms with van der Waals surface area (Å²) in [4.78, 5) is 0. The minimum atomic E-state index is 0.342. The van der Waals surface area contributed by atoms with Gasteiger partial charge in [-0.15, -0.1) is 0 Å². The van der Waals surface area contributed by atoms with Crippen molar-refractivity contribution >= 4 is 7.28 Å². The quantitative estimate of drug-likeness (QED) is 0.190. The van der Waals surface area contributed by atoms with E-state index < -0.39 is 0 Å². The highest BCUT2D eigenvalue weighted by Gasteiger charge is 2.43. The van der Waals surface area contributed by atoms with Gasteiger partial charge in [0.2, 0.25) is 0 Å². The van der Waals surface area contributed by atoms with Crippen molar-refractivity contribution in [3.05, 3.63) is 35.5 Å². The van der Waals surface area contributed by atoms with Crippen molar-refractivity contribution in [1.29, 1.82) is 0 Å². The van der Waals surface area contributed by atoms with E-state index in [0.717, 1.165) is 12.2 Å². The molecular weight excluding hydrogens is 347 g/mol. The number of allylic oxidation sites excluding steroid dienone is 6. The largest absolute Gasteiger partial charge is 0.110 e. The molecule has 0 bridgehead atoms. The first-order valence-corrected chi connectivity index (χ1v) is 12.4. The van der Waals surface area contributed by atoms with Gasteiger partial charge in [-0.25, -0.2) is 0 Å². The summed E-state index contributed by atoms with van der Waals surface area (Å²) < 4.78 is 0. The Morgan fingerprint density at radius 3 is 1.97 bits per heavy atom. The fourth-order valence-electron chi connectivity index (χ4n) is 5.23. The Morgan fingerprint density at radius 2 is 1.52 bits per heavy atom. The van der Waals surface area contributed by atoms with Crippen LogP contribution in [-0.2, 0) is 0 Å². The van der Waals surface area contributed by atoms with Gasteiger partial charge in [-0.05, 0) is 75.0 Å². The highest BCUT2D eigenvalue weighted by Crippen LogP contribution is 2.52. The van der Waals surface area contributed by atoms with Crippen LogP contribution in [0.1, 0.15) is 101 Å². The zero-order valence-corrected chi connectivity index (χ0v) is 21.6. The van der Waals surface area contributed by atoms with E-state index in [2.05, 4.69) is 101 Å². The Balaban J connectivity index is 6.16. The molecule has 0 heterocycles. The second-order valence-electron chi connectivity index (χ2n) is 10.1. The van der Waals surface area contributed by atoms with Gasteiger partial charge in [0, 0.05) is 0 Å². The van der Waals surface area contributed by atoms with E-state index in [1.165, 1.54) is 38.5 Å². The molecule has 29 heavy (non-hydrogen) atoms. The van der Waals surface area contributed by atoms with E-state index in [0.29, 0.717) is 23.2 Å². The van der Waals surface area contributed by atoms with Crippen molar-refractivity contribution in [2.24, 2.45) is 29.1 Å². The molecule has 3 atom stereocenters. The second kappa shape index (κ2) is 15.1. The van der Waals surface area contributed by atoms with Crippen molar-refractivity contribution in [3.63, 3.8) is 0 Å². The van der Waals surface area contributed by atoms with Gasteiger partial charge in [0.05, 0.1) is 0 Å². The van der Waals surface area contributed by atoms with Gasteiger partial charge in [0.25, 0.3) is 0 Å². The van der Waals surface area contributed by atoms with Crippen LogP contribution < -0.4 is 0 Å². The Bertz CT molecular complexity index is 504. The Kier molecular flexibility index (Phi) is 14.8. The smallest absolute Gasteiger partial charge is 0.0964 e. The predicted molar refractivity (Wildman–Crippen MR) is 137 cm³/mol. The molecule has 1 radical (unpaired) electrons. The van der Waals surface area contributed by atoms with E-state index in [9.17, 15) is 0 Å². The first kappa shape index (κ1) is 28.3. The average molecular weight is 400 g/mol. The van der Waals surface area contributed by atoms with E-state index in [1.807, 2.05) is 0 Å². The third-order valence-electron chi connectivity index (χ3n) is 6.77. The number of hydrogen-bond donors (Lipinski definition) is 0. The second-order valence-corrected chi connectivity index (χ2v) is 10.1. The molecule has 0 saturated heterocycles. The van der Waals surface area contributed by atoms with E-state index >= 15 is 0 Å². The monoisotopic (exact) mass is 399 g/mol. The van der Waals surface area contributed by atoms with E-state index in [1.54, 1.807) is 11.1 Å². The van der Waals surface area contributed by atoms with Crippen LogP contribution >= 0.6 is 0 Å². The Morgan fingerprint density at radius 1 is 0.897 bits per heavy atom. The first-order valence-electron chi connectivity index (χ1n) is 12.4. The summed E-state index contributed by atoms with van der Waals surface area (Å²) in [6.07, 6.45) is 18.2. The SMILES string of the molecule is C[B]C/C=C\CC(C)C(C(CC)=C(C)C)C(C/C=C\CC(C)C)(CCC)C(C)C. The molecule has 1 heteroatoms. The molecule has 0 aromatic carbocycles. The van der Waals surface area contributed by atoms with Crippen LogP contribution in [0.4, 0.5) is 0 Å². The summed E-state index contributed by atoms with van der Waals surface area (Å²) in [6, 6.07) is 0. The summed E-state index contributed by atoms with van der Waals surface area (Å²) in [5, 5.41) is 0. The van der Waals surface area contributed by atoms with Crippen LogP contribution in [0.5, 0.6) is 0 Å². The molecule has 3 unspecified atom stereocenters. The summed E-state index contributed by atoms with van der Waals surface area (Å²) in [6.45, 7) is 23.7. The first-order chi connectivity index (χ1) is 13.7. The maximum atomic E-state index is 2.52. The molecule has 0 fully saturated rings. The zero-order chi connectivity index (χ0) is 22.4. The minimum absolute atomic E-state index is 0.342. The van der Waals surface area contributed by atoms with Gasteiger partial charge in [-0.3, -0.25) is 0 Å². The normalized spacial score (nSPS) is 16.6. The summed E-state index contributed by atoms with van der Waals surface area (Å²) in [5.74, 6) is 2.73. The Hall–Kier alpha value is -0.715. The van der Waals surface area contributed by atoms with Crippen LogP contribution in [-0.4, -0.2) is 7.28 Å². The molecule has 0 aliphatic rings. The molecule has 167 valence electrons. The average Bonchev–Trinajstić information content (AvgIpc) is 2.65. The fraction of sp³-hybridized carbons (Fsp3) is 0.786. The lowest BCUT2D eigenvalue weighted by atomic mass is 9.56. The predicted octanol–water partition coefficient (Wildman–Crippen LogP) is 9.54. The topological polar surface area (TPSA) is 0 Å². The van der Waals surface area contributed by atoms with Gasteiger partial charge in [0.1, 0.15) is 7.28 Å². The maximum Gasteiger partial charge on any atom is 0.110 e. The molecule has 0 N–H and O–H groups in total. The minimum Gasteiger partial charge on any atom is -0.0964 e.